The van der Waals surface area contributed by atoms with Crippen molar-refractivity contribution in [1.82, 2.24) is 4.90 Å². The number of hydrogen-bond acceptors (Lipinski definition) is 3. The zero-order chi connectivity index (χ0) is 19.3. The van der Waals surface area contributed by atoms with Gasteiger partial charge in [0.05, 0.1) is 22.8 Å². The minimum Gasteiger partial charge on any atom is -0.366 e. The molecular weight excluding hydrogens is 411 g/mol. The molecule has 3 nitrogen and oxygen atoms in total. The number of halogens is 3. The van der Waals surface area contributed by atoms with Gasteiger partial charge in [0, 0.05) is 34.1 Å². The van der Waals surface area contributed by atoms with Crippen molar-refractivity contribution >= 4 is 64.4 Å². The van der Waals surface area contributed by atoms with E-state index in [2.05, 4.69) is 4.99 Å². The first-order valence-electron chi connectivity index (χ1n) is 7.96. The van der Waals surface area contributed by atoms with Crippen LogP contribution in [-0.2, 0) is 0 Å². The maximum atomic E-state index is 12.6. The van der Waals surface area contributed by atoms with E-state index in [0.29, 0.717) is 26.3 Å². The second-order valence-electron chi connectivity index (χ2n) is 5.75. The topological polar surface area (TPSA) is 32.7 Å². The third-order valence-electron chi connectivity index (χ3n) is 3.69. The van der Waals surface area contributed by atoms with Gasteiger partial charge in [-0.15, -0.1) is 11.8 Å². The molecule has 0 heterocycles. The molecule has 0 aliphatic heterocycles. The summed E-state index contributed by atoms with van der Waals surface area (Å²) in [6.07, 6.45) is 1.72. The van der Waals surface area contributed by atoms with Crippen molar-refractivity contribution in [2.75, 3.05) is 19.3 Å². The molecule has 0 N–H and O–H groups in total. The molecule has 0 saturated heterocycles. The van der Waals surface area contributed by atoms with Gasteiger partial charge < -0.3 is 4.90 Å². The van der Waals surface area contributed by atoms with Gasteiger partial charge in [-0.25, -0.2) is 4.99 Å². The molecule has 0 aliphatic carbocycles. The Bertz CT molecular complexity index is 820. The molecule has 2 aromatic rings. The number of aliphatic imine (C=N–C) groups is 1. The lowest BCUT2D eigenvalue weighted by Gasteiger charge is -2.11. The number of carbonyl (C=O) groups is 1. The summed E-state index contributed by atoms with van der Waals surface area (Å²) >= 11 is 19.7. The molecule has 2 aromatic carbocycles. The molecule has 0 bridgehead atoms. The maximum Gasteiger partial charge on any atom is 0.173 e. The highest BCUT2D eigenvalue weighted by molar-refractivity contribution is 8.00. The second-order valence-corrected chi connectivity index (χ2v) is 8.08. The van der Waals surface area contributed by atoms with Crippen molar-refractivity contribution in [2.45, 2.75) is 18.7 Å². The van der Waals surface area contributed by atoms with E-state index in [4.69, 9.17) is 34.8 Å². The molecule has 0 aromatic heterocycles. The molecule has 7 heteroatoms. The molecule has 0 fully saturated rings. The van der Waals surface area contributed by atoms with E-state index in [1.807, 2.05) is 31.9 Å². The minimum absolute atomic E-state index is 0.00768. The van der Waals surface area contributed by atoms with Crippen LogP contribution in [0.15, 0.2) is 40.2 Å². The van der Waals surface area contributed by atoms with E-state index in [0.717, 1.165) is 17.0 Å². The van der Waals surface area contributed by atoms with Crippen LogP contribution in [0.4, 0.5) is 5.69 Å². The Morgan fingerprint density at radius 2 is 1.81 bits per heavy atom. The first-order chi connectivity index (χ1) is 12.3. The summed E-state index contributed by atoms with van der Waals surface area (Å²) < 4.78 is 0. The first kappa shape index (κ1) is 21.1. The Kier molecular flexibility index (Phi) is 7.84. The van der Waals surface area contributed by atoms with Gasteiger partial charge in [0.1, 0.15) is 0 Å². The Morgan fingerprint density at radius 1 is 1.15 bits per heavy atom. The zero-order valence-corrected chi connectivity index (χ0v) is 17.8. The Labute approximate surface area is 173 Å². The van der Waals surface area contributed by atoms with Crippen molar-refractivity contribution < 1.29 is 4.79 Å². The summed E-state index contributed by atoms with van der Waals surface area (Å²) in [7, 11) is 1.93. The number of ketones is 1. The summed E-state index contributed by atoms with van der Waals surface area (Å²) in [5, 5.41) is 1.55. The van der Waals surface area contributed by atoms with Crippen LogP contribution in [0.2, 0.25) is 15.1 Å². The number of nitrogens with zero attached hydrogens (tertiary/aromatic N) is 2. The van der Waals surface area contributed by atoms with E-state index in [1.165, 1.54) is 11.8 Å². The van der Waals surface area contributed by atoms with E-state index in [1.54, 1.807) is 30.6 Å². The highest BCUT2D eigenvalue weighted by Crippen LogP contribution is 2.31. The van der Waals surface area contributed by atoms with Crippen LogP contribution < -0.4 is 0 Å². The predicted octanol–water partition coefficient (Wildman–Crippen LogP) is 6.54. The van der Waals surface area contributed by atoms with Gasteiger partial charge in [0.2, 0.25) is 0 Å². The number of thioether (sulfide) groups is 1. The average Bonchev–Trinajstić information content (AvgIpc) is 2.58. The fraction of sp³-hybridized carbons (Fsp3) is 0.263. The number of aryl methyl sites for hydroxylation is 1. The summed E-state index contributed by atoms with van der Waals surface area (Å²) in [5.41, 5.74) is 2.09. The van der Waals surface area contributed by atoms with Crippen LogP contribution >= 0.6 is 46.6 Å². The fourth-order valence-electron chi connectivity index (χ4n) is 2.15. The van der Waals surface area contributed by atoms with Gasteiger partial charge in [-0.3, -0.25) is 4.79 Å². The van der Waals surface area contributed by atoms with Gasteiger partial charge in [-0.2, -0.15) is 0 Å². The Morgan fingerprint density at radius 3 is 2.42 bits per heavy atom. The number of rotatable bonds is 7. The number of carbonyl (C=O) groups excluding carboxylic acids is 1. The maximum absolute atomic E-state index is 12.6. The molecule has 0 spiro atoms. The van der Waals surface area contributed by atoms with Gasteiger partial charge in [-0.05, 0) is 49.7 Å². The van der Waals surface area contributed by atoms with Crippen LogP contribution in [-0.4, -0.2) is 36.4 Å². The average molecular weight is 430 g/mol. The van der Waals surface area contributed by atoms with Crippen molar-refractivity contribution in [3.05, 3.63) is 56.5 Å². The molecule has 0 amide bonds. The van der Waals surface area contributed by atoms with Crippen LogP contribution in [0.1, 0.15) is 22.8 Å². The Hall–Kier alpha value is -1.20. The van der Waals surface area contributed by atoms with Crippen LogP contribution in [0.3, 0.4) is 0 Å². The van der Waals surface area contributed by atoms with E-state index in [-0.39, 0.29) is 11.5 Å². The molecule has 26 heavy (non-hydrogen) atoms. The van der Waals surface area contributed by atoms with E-state index < -0.39 is 0 Å². The fourth-order valence-corrected chi connectivity index (χ4v) is 3.89. The largest absolute Gasteiger partial charge is 0.366 e. The monoisotopic (exact) mass is 428 g/mol. The molecule has 0 radical (unpaired) electrons. The molecule has 0 atom stereocenters. The van der Waals surface area contributed by atoms with Crippen molar-refractivity contribution in [1.29, 1.82) is 0 Å². The lowest BCUT2D eigenvalue weighted by molar-refractivity contribution is 0.102. The van der Waals surface area contributed by atoms with Gasteiger partial charge in [-0.1, -0.05) is 34.8 Å². The number of benzene rings is 2. The summed E-state index contributed by atoms with van der Waals surface area (Å²) in [5.74, 6) is 0.265. The van der Waals surface area contributed by atoms with Gasteiger partial charge in [0.15, 0.2) is 5.78 Å². The molecule has 138 valence electrons. The highest BCUT2D eigenvalue weighted by Gasteiger charge is 2.13. The van der Waals surface area contributed by atoms with Crippen molar-refractivity contribution in [3.63, 3.8) is 0 Å². The van der Waals surface area contributed by atoms with E-state index in [9.17, 15) is 4.79 Å². The third kappa shape index (κ3) is 5.92. The minimum atomic E-state index is -0.00768. The van der Waals surface area contributed by atoms with Crippen molar-refractivity contribution in [2.24, 2.45) is 4.99 Å². The second kappa shape index (κ2) is 9.65. The normalized spacial score (nSPS) is 11.2. The molecule has 0 aliphatic rings. The van der Waals surface area contributed by atoms with Crippen LogP contribution in [0.25, 0.3) is 0 Å². The predicted molar refractivity (Wildman–Crippen MR) is 114 cm³/mol. The lowest BCUT2D eigenvalue weighted by Crippen LogP contribution is -2.14. The highest BCUT2D eigenvalue weighted by atomic mass is 35.5. The first-order valence-corrected chi connectivity index (χ1v) is 10.1. The number of Topliss-reactive ketones (excluding diaryl/α,β-unsaturated/α-hetero) is 1. The van der Waals surface area contributed by atoms with E-state index >= 15 is 0 Å². The number of hydrogen-bond donors (Lipinski definition) is 0. The van der Waals surface area contributed by atoms with Crippen molar-refractivity contribution in [3.8, 4) is 0 Å². The third-order valence-corrected chi connectivity index (χ3v) is 5.41. The molecule has 0 saturated carbocycles. The summed E-state index contributed by atoms with van der Waals surface area (Å²) in [6, 6.07) is 8.74. The quantitative estimate of drug-likeness (QED) is 0.217. The SMILES string of the molecule is CCN(C)C=Nc1cc(C)c(C(=O)CSc2cc(Cl)cc(Cl)c2)cc1Cl. The molecule has 0 unspecified atom stereocenters. The zero-order valence-electron chi connectivity index (χ0n) is 14.7. The molecule has 2 rings (SSSR count). The smallest absolute Gasteiger partial charge is 0.173 e. The van der Waals surface area contributed by atoms with Crippen LogP contribution in [0, 0.1) is 6.92 Å². The summed E-state index contributed by atoms with van der Waals surface area (Å²) in [4.78, 5) is 19.8. The Balaban J connectivity index is 2.13. The van der Waals surface area contributed by atoms with Gasteiger partial charge >= 0.3 is 0 Å². The lowest BCUT2D eigenvalue weighted by atomic mass is 10.0. The summed E-state index contributed by atoms with van der Waals surface area (Å²) in [6.45, 7) is 4.76. The molecular formula is C19H19Cl3N2OS. The van der Waals surface area contributed by atoms with Gasteiger partial charge in [0.25, 0.3) is 0 Å². The van der Waals surface area contributed by atoms with Crippen LogP contribution in [0.5, 0.6) is 0 Å². The standard InChI is InChI=1S/C19H19Cl3N2OS/c1-4-24(3)11-23-18-5-12(2)16(9-17(18)22)19(25)10-26-15-7-13(20)6-14(21)8-15/h5-9,11H,4,10H2,1-3H3.